The van der Waals surface area contributed by atoms with Gasteiger partial charge in [-0.25, -0.2) is 0 Å². The van der Waals surface area contributed by atoms with Gasteiger partial charge in [0.15, 0.2) is 0 Å². The van der Waals surface area contributed by atoms with Crippen molar-refractivity contribution >= 4 is 22.9 Å². The van der Waals surface area contributed by atoms with Crippen LogP contribution in [0.5, 0.6) is 0 Å². The van der Waals surface area contributed by atoms with Gasteiger partial charge in [0.05, 0.1) is 4.88 Å². The van der Waals surface area contributed by atoms with Gasteiger partial charge in [-0.3, -0.25) is 4.79 Å². The number of hydrogen-bond acceptors (Lipinski definition) is 3. The second kappa shape index (κ2) is 5.69. The molecule has 0 aliphatic carbocycles. The van der Waals surface area contributed by atoms with Gasteiger partial charge in [-0.1, -0.05) is 18.2 Å². The first kappa shape index (κ1) is 12.6. The molecule has 0 atom stereocenters. The summed E-state index contributed by atoms with van der Waals surface area (Å²) in [4.78, 5) is 14.6. The number of nitrogens with zero attached hydrogens (tertiary/aromatic N) is 1. The molecule has 1 heterocycles. The molecule has 0 saturated carbocycles. The van der Waals surface area contributed by atoms with Crippen LogP contribution in [0.1, 0.15) is 15.2 Å². The highest BCUT2D eigenvalue weighted by Crippen LogP contribution is 2.13. The van der Waals surface area contributed by atoms with Crippen LogP contribution < -0.4 is 10.2 Å². The standard InChI is InChI=1S/C14H16N2OS/c1-16(2)12-6-3-5-11(9-12)10-15-14(17)13-7-4-8-18-13/h3-9H,10H2,1-2H3,(H,15,17). The Kier molecular flexibility index (Phi) is 3.99. The van der Waals surface area contributed by atoms with E-state index in [4.69, 9.17) is 0 Å². The van der Waals surface area contributed by atoms with E-state index in [1.165, 1.54) is 11.3 Å². The van der Waals surface area contributed by atoms with Crippen LogP contribution in [-0.2, 0) is 6.54 Å². The van der Waals surface area contributed by atoms with Gasteiger partial charge in [0.1, 0.15) is 0 Å². The minimum atomic E-state index is -0.0137. The molecule has 0 aliphatic rings. The van der Waals surface area contributed by atoms with E-state index in [0.29, 0.717) is 6.54 Å². The molecule has 0 unspecified atom stereocenters. The predicted octanol–water partition coefficient (Wildman–Crippen LogP) is 2.74. The third-order valence-electron chi connectivity index (χ3n) is 2.63. The molecule has 0 bridgehead atoms. The Morgan fingerprint density at radius 2 is 2.11 bits per heavy atom. The van der Waals surface area contributed by atoms with Crippen molar-refractivity contribution in [1.82, 2.24) is 5.32 Å². The zero-order chi connectivity index (χ0) is 13.0. The Labute approximate surface area is 111 Å². The van der Waals surface area contributed by atoms with Crippen LogP contribution in [-0.4, -0.2) is 20.0 Å². The number of benzene rings is 1. The van der Waals surface area contributed by atoms with Crippen molar-refractivity contribution in [3.8, 4) is 0 Å². The van der Waals surface area contributed by atoms with E-state index in [1.807, 2.05) is 54.7 Å². The molecule has 0 saturated heterocycles. The summed E-state index contributed by atoms with van der Waals surface area (Å²) in [6.45, 7) is 0.554. The number of anilines is 1. The average Bonchev–Trinajstić information content (AvgIpc) is 2.90. The first-order chi connectivity index (χ1) is 8.66. The molecular formula is C14H16N2OS. The number of hydrogen-bond donors (Lipinski definition) is 1. The highest BCUT2D eigenvalue weighted by Gasteiger charge is 2.05. The van der Waals surface area contributed by atoms with E-state index in [9.17, 15) is 4.79 Å². The summed E-state index contributed by atoms with van der Waals surface area (Å²) in [6, 6.07) is 11.9. The van der Waals surface area contributed by atoms with E-state index in [2.05, 4.69) is 11.4 Å². The summed E-state index contributed by atoms with van der Waals surface area (Å²) in [7, 11) is 4.01. The number of carbonyl (C=O) groups excluding carboxylic acids is 1. The Morgan fingerprint density at radius 3 is 2.78 bits per heavy atom. The van der Waals surface area contributed by atoms with Crippen LogP contribution >= 0.6 is 11.3 Å². The van der Waals surface area contributed by atoms with Crippen LogP contribution in [0.15, 0.2) is 41.8 Å². The normalized spacial score (nSPS) is 10.1. The van der Waals surface area contributed by atoms with Crippen molar-refractivity contribution in [3.63, 3.8) is 0 Å². The molecule has 18 heavy (non-hydrogen) atoms. The maximum atomic E-state index is 11.8. The van der Waals surface area contributed by atoms with Gasteiger partial charge < -0.3 is 10.2 Å². The smallest absolute Gasteiger partial charge is 0.261 e. The quantitative estimate of drug-likeness (QED) is 0.916. The second-order valence-corrected chi connectivity index (χ2v) is 5.17. The summed E-state index contributed by atoms with van der Waals surface area (Å²) in [5.41, 5.74) is 2.24. The van der Waals surface area contributed by atoms with E-state index < -0.39 is 0 Å². The zero-order valence-corrected chi connectivity index (χ0v) is 11.3. The number of nitrogens with one attached hydrogen (secondary N) is 1. The van der Waals surface area contributed by atoms with Crippen molar-refractivity contribution in [3.05, 3.63) is 52.2 Å². The molecule has 0 fully saturated rings. The lowest BCUT2D eigenvalue weighted by Gasteiger charge is -2.13. The molecule has 0 spiro atoms. The van der Waals surface area contributed by atoms with Crippen LogP contribution in [0.4, 0.5) is 5.69 Å². The molecule has 2 rings (SSSR count). The third kappa shape index (κ3) is 3.11. The van der Waals surface area contributed by atoms with Gasteiger partial charge >= 0.3 is 0 Å². The Balaban J connectivity index is 1.98. The summed E-state index contributed by atoms with van der Waals surface area (Å²) >= 11 is 1.45. The fraction of sp³-hybridized carbons (Fsp3) is 0.214. The van der Waals surface area contributed by atoms with Gasteiger partial charge in [0.2, 0.25) is 0 Å². The van der Waals surface area contributed by atoms with E-state index in [0.717, 1.165) is 16.1 Å². The Morgan fingerprint density at radius 1 is 1.28 bits per heavy atom. The lowest BCUT2D eigenvalue weighted by Crippen LogP contribution is -2.21. The maximum Gasteiger partial charge on any atom is 0.261 e. The number of carbonyl (C=O) groups is 1. The van der Waals surface area contributed by atoms with Crippen molar-refractivity contribution < 1.29 is 4.79 Å². The highest BCUT2D eigenvalue weighted by molar-refractivity contribution is 7.12. The van der Waals surface area contributed by atoms with Crippen LogP contribution in [0.25, 0.3) is 0 Å². The topological polar surface area (TPSA) is 32.3 Å². The van der Waals surface area contributed by atoms with Gasteiger partial charge in [-0.05, 0) is 29.1 Å². The Bertz CT molecular complexity index is 520. The molecule has 1 N–H and O–H groups in total. The molecule has 94 valence electrons. The molecule has 1 aromatic heterocycles. The minimum Gasteiger partial charge on any atom is -0.378 e. The van der Waals surface area contributed by atoms with Crippen molar-refractivity contribution in [1.29, 1.82) is 0 Å². The monoisotopic (exact) mass is 260 g/mol. The molecule has 2 aromatic rings. The number of thiophene rings is 1. The van der Waals surface area contributed by atoms with Crippen LogP contribution in [0.2, 0.25) is 0 Å². The number of rotatable bonds is 4. The summed E-state index contributed by atoms with van der Waals surface area (Å²) in [6.07, 6.45) is 0. The fourth-order valence-electron chi connectivity index (χ4n) is 1.62. The van der Waals surface area contributed by atoms with Crippen molar-refractivity contribution in [2.24, 2.45) is 0 Å². The van der Waals surface area contributed by atoms with Gasteiger partial charge in [0.25, 0.3) is 5.91 Å². The van der Waals surface area contributed by atoms with E-state index >= 15 is 0 Å². The average molecular weight is 260 g/mol. The van der Waals surface area contributed by atoms with Gasteiger partial charge in [0, 0.05) is 26.3 Å². The van der Waals surface area contributed by atoms with Gasteiger partial charge in [-0.2, -0.15) is 0 Å². The first-order valence-electron chi connectivity index (χ1n) is 5.75. The minimum absolute atomic E-state index is 0.0137. The van der Waals surface area contributed by atoms with Crippen molar-refractivity contribution in [2.45, 2.75) is 6.54 Å². The molecule has 4 heteroatoms. The molecular weight excluding hydrogens is 244 g/mol. The van der Waals surface area contributed by atoms with Crippen LogP contribution in [0.3, 0.4) is 0 Å². The van der Waals surface area contributed by atoms with Gasteiger partial charge in [-0.15, -0.1) is 11.3 Å². The summed E-state index contributed by atoms with van der Waals surface area (Å²) in [5, 5.41) is 4.82. The zero-order valence-electron chi connectivity index (χ0n) is 10.5. The lowest BCUT2D eigenvalue weighted by molar-refractivity contribution is 0.0955. The SMILES string of the molecule is CN(C)c1cccc(CNC(=O)c2cccs2)c1. The highest BCUT2D eigenvalue weighted by atomic mass is 32.1. The summed E-state index contributed by atoms with van der Waals surface area (Å²) in [5.74, 6) is -0.0137. The molecule has 3 nitrogen and oxygen atoms in total. The second-order valence-electron chi connectivity index (χ2n) is 4.22. The molecule has 1 aromatic carbocycles. The van der Waals surface area contributed by atoms with Crippen molar-refractivity contribution in [2.75, 3.05) is 19.0 Å². The largest absolute Gasteiger partial charge is 0.378 e. The van der Waals surface area contributed by atoms with E-state index in [1.54, 1.807) is 0 Å². The molecule has 0 radical (unpaired) electrons. The lowest BCUT2D eigenvalue weighted by atomic mass is 10.2. The third-order valence-corrected chi connectivity index (χ3v) is 3.49. The van der Waals surface area contributed by atoms with E-state index in [-0.39, 0.29) is 5.91 Å². The fourth-order valence-corrected chi connectivity index (χ4v) is 2.26. The molecule has 0 aliphatic heterocycles. The van der Waals surface area contributed by atoms with Crippen LogP contribution in [0, 0.1) is 0 Å². The predicted molar refractivity (Wildman–Crippen MR) is 76.3 cm³/mol. The first-order valence-corrected chi connectivity index (χ1v) is 6.63. The maximum absolute atomic E-state index is 11.8. The Hall–Kier alpha value is -1.81. The summed E-state index contributed by atoms with van der Waals surface area (Å²) < 4.78 is 0. The molecule has 1 amide bonds. The number of amides is 1.